The molecule has 0 aliphatic heterocycles. The Kier molecular flexibility index (Phi) is 6.32. The van der Waals surface area contributed by atoms with Crippen LogP contribution in [0.5, 0.6) is 11.5 Å². The number of para-hydroxylation sites is 3. The van der Waals surface area contributed by atoms with Crippen molar-refractivity contribution in [2.24, 2.45) is 0 Å². The number of methoxy groups -OCH3 is 1. The van der Waals surface area contributed by atoms with Crippen LogP contribution in [0.1, 0.15) is 16.1 Å². The molecule has 28 heavy (non-hydrogen) atoms. The van der Waals surface area contributed by atoms with Crippen LogP contribution in [0, 0.1) is 18.8 Å². The Morgan fingerprint density at radius 1 is 1.07 bits per heavy atom. The number of rotatable bonds is 6. The van der Waals surface area contributed by atoms with Crippen molar-refractivity contribution in [1.82, 2.24) is 15.1 Å². The summed E-state index contributed by atoms with van der Waals surface area (Å²) in [6.45, 7) is 2.30. The minimum absolute atomic E-state index is 0.209. The van der Waals surface area contributed by atoms with Gasteiger partial charge in [0.1, 0.15) is 6.61 Å². The Bertz CT molecular complexity index is 1000. The van der Waals surface area contributed by atoms with Crippen molar-refractivity contribution in [3.8, 4) is 29.0 Å². The van der Waals surface area contributed by atoms with Gasteiger partial charge in [-0.25, -0.2) is 4.68 Å². The molecule has 0 fully saturated rings. The zero-order valence-electron chi connectivity index (χ0n) is 15.8. The normalized spacial score (nSPS) is 9.93. The summed E-state index contributed by atoms with van der Waals surface area (Å²) in [6.07, 6.45) is 1.57. The number of hydrogen-bond donors (Lipinski definition) is 1. The predicted molar refractivity (Wildman–Crippen MR) is 107 cm³/mol. The van der Waals surface area contributed by atoms with E-state index in [-0.39, 0.29) is 19.1 Å². The molecule has 0 radical (unpaired) electrons. The zero-order valence-corrected chi connectivity index (χ0v) is 15.8. The summed E-state index contributed by atoms with van der Waals surface area (Å²) < 4.78 is 12.5. The summed E-state index contributed by atoms with van der Waals surface area (Å²) in [4.78, 5) is 12.4. The molecular weight excluding hydrogens is 354 g/mol. The van der Waals surface area contributed by atoms with Crippen LogP contribution in [-0.2, 0) is 0 Å². The SMILES string of the molecule is COc1ccccc1OCC#CCNC(=O)c1cnn(-c2ccccc2)c1C. The predicted octanol–water partition coefficient (Wildman–Crippen LogP) is 3.00. The van der Waals surface area contributed by atoms with E-state index in [1.165, 1.54) is 0 Å². The van der Waals surface area contributed by atoms with Crippen molar-refractivity contribution in [2.75, 3.05) is 20.3 Å². The van der Waals surface area contributed by atoms with Gasteiger partial charge in [-0.2, -0.15) is 5.10 Å². The molecule has 1 heterocycles. The second-order valence-corrected chi connectivity index (χ2v) is 5.87. The second-order valence-electron chi connectivity index (χ2n) is 5.87. The molecule has 0 atom stereocenters. The van der Waals surface area contributed by atoms with Crippen LogP contribution in [-0.4, -0.2) is 35.9 Å². The van der Waals surface area contributed by atoms with E-state index in [2.05, 4.69) is 22.3 Å². The maximum absolute atomic E-state index is 12.4. The Balaban J connectivity index is 1.52. The van der Waals surface area contributed by atoms with Crippen LogP contribution in [0.2, 0.25) is 0 Å². The highest BCUT2D eigenvalue weighted by Crippen LogP contribution is 2.25. The molecule has 6 heteroatoms. The maximum atomic E-state index is 12.4. The van der Waals surface area contributed by atoms with Crippen molar-refractivity contribution in [3.63, 3.8) is 0 Å². The van der Waals surface area contributed by atoms with E-state index in [0.717, 1.165) is 11.4 Å². The lowest BCUT2D eigenvalue weighted by atomic mass is 10.2. The first-order chi connectivity index (χ1) is 13.7. The second kappa shape index (κ2) is 9.28. The Hall–Kier alpha value is -3.72. The van der Waals surface area contributed by atoms with E-state index in [1.54, 1.807) is 18.0 Å². The number of nitrogens with zero attached hydrogens (tertiary/aromatic N) is 2. The van der Waals surface area contributed by atoms with Crippen LogP contribution in [0.25, 0.3) is 5.69 Å². The molecule has 3 rings (SSSR count). The number of carbonyl (C=O) groups excluding carboxylic acids is 1. The van der Waals surface area contributed by atoms with Crippen LogP contribution >= 0.6 is 0 Å². The number of hydrogen-bond acceptors (Lipinski definition) is 4. The van der Waals surface area contributed by atoms with Gasteiger partial charge in [-0.1, -0.05) is 42.2 Å². The lowest BCUT2D eigenvalue weighted by Crippen LogP contribution is -2.24. The smallest absolute Gasteiger partial charge is 0.255 e. The Morgan fingerprint density at radius 2 is 1.79 bits per heavy atom. The molecule has 3 aromatic rings. The van der Waals surface area contributed by atoms with Gasteiger partial charge in [0.15, 0.2) is 11.5 Å². The molecule has 2 aromatic carbocycles. The minimum Gasteiger partial charge on any atom is -0.493 e. The first kappa shape index (κ1) is 19.1. The van der Waals surface area contributed by atoms with Crippen molar-refractivity contribution >= 4 is 5.91 Å². The third-order valence-corrected chi connectivity index (χ3v) is 4.09. The number of nitrogens with one attached hydrogen (secondary N) is 1. The van der Waals surface area contributed by atoms with Crippen LogP contribution in [0.15, 0.2) is 60.8 Å². The monoisotopic (exact) mass is 375 g/mol. The van der Waals surface area contributed by atoms with Crippen molar-refractivity contribution < 1.29 is 14.3 Å². The standard InChI is InChI=1S/C22H21N3O3/c1-17-19(16-24-25(17)18-10-4-3-5-11-18)22(26)23-14-8-9-15-28-21-13-7-6-12-20(21)27-2/h3-7,10-13,16H,14-15H2,1-2H3,(H,23,26). The molecule has 0 bridgehead atoms. The molecule has 0 aliphatic rings. The molecule has 0 saturated heterocycles. The largest absolute Gasteiger partial charge is 0.493 e. The van der Waals surface area contributed by atoms with E-state index in [9.17, 15) is 4.79 Å². The fraction of sp³-hybridized carbons (Fsp3) is 0.182. The molecule has 142 valence electrons. The summed E-state index contributed by atoms with van der Waals surface area (Å²) >= 11 is 0. The summed E-state index contributed by atoms with van der Waals surface area (Å²) in [5, 5.41) is 7.08. The van der Waals surface area contributed by atoms with Gasteiger partial charge in [0.25, 0.3) is 5.91 Å². The van der Waals surface area contributed by atoms with Gasteiger partial charge in [-0.3, -0.25) is 4.79 Å². The van der Waals surface area contributed by atoms with Gasteiger partial charge in [-0.15, -0.1) is 0 Å². The van der Waals surface area contributed by atoms with Crippen molar-refractivity contribution in [1.29, 1.82) is 0 Å². The van der Waals surface area contributed by atoms with Crippen molar-refractivity contribution in [2.45, 2.75) is 6.92 Å². The quantitative estimate of drug-likeness (QED) is 0.673. The minimum atomic E-state index is -0.209. The van der Waals surface area contributed by atoms with Gasteiger partial charge in [0, 0.05) is 0 Å². The first-order valence-electron chi connectivity index (χ1n) is 8.80. The van der Waals surface area contributed by atoms with Gasteiger partial charge >= 0.3 is 0 Å². The highest BCUT2D eigenvalue weighted by Gasteiger charge is 2.14. The Morgan fingerprint density at radius 3 is 2.54 bits per heavy atom. The molecule has 0 spiro atoms. The fourth-order valence-electron chi connectivity index (χ4n) is 2.65. The lowest BCUT2D eigenvalue weighted by molar-refractivity contribution is 0.0958. The maximum Gasteiger partial charge on any atom is 0.255 e. The number of aromatic nitrogens is 2. The van der Waals surface area contributed by atoms with Crippen LogP contribution < -0.4 is 14.8 Å². The fourth-order valence-corrected chi connectivity index (χ4v) is 2.65. The summed E-state index contributed by atoms with van der Waals surface area (Å²) in [7, 11) is 1.59. The summed E-state index contributed by atoms with van der Waals surface area (Å²) in [6, 6.07) is 17.0. The summed E-state index contributed by atoms with van der Waals surface area (Å²) in [5.41, 5.74) is 2.21. The highest BCUT2D eigenvalue weighted by molar-refractivity contribution is 5.95. The zero-order chi connectivity index (χ0) is 19.8. The van der Waals surface area contributed by atoms with E-state index in [0.29, 0.717) is 17.1 Å². The number of carbonyl (C=O) groups is 1. The molecule has 1 aromatic heterocycles. The molecular formula is C22H21N3O3. The first-order valence-corrected chi connectivity index (χ1v) is 8.80. The lowest BCUT2D eigenvalue weighted by Gasteiger charge is -2.07. The molecule has 1 N–H and O–H groups in total. The molecule has 1 amide bonds. The molecule has 0 saturated carbocycles. The average Bonchev–Trinajstić information content (AvgIpc) is 3.12. The van der Waals surface area contributed by atoms with Gasteiger partial charge < -0.3 is 14.8 Å². The highest BCUT2D eigenvalue weighted by atomic mass is 16.5. The molecule has 6 nitrogen and oxygen atoms in total. The van der Waals surface area contributed by atoms with Crippen LogP contribution in [0.3, 0.4) is 0 Å². The van der Waals surface area contributed by atoms with E-state index in [1.807, 2.05) is 61.5 Å². The molecule has 0 aliphatic carbocycles. The van der Waals surface area contributed by atoms with Crippen molar-refractivity contribution in [3.05, 3.63) is 72.1 Å². The number of benzene rings is 2. The third-order valence-electron chi connectivity index (χ3n) is 4.09. The van der Waals surface area contributed by atoms with E-state index >= 15 is 0 Å². The third kappa shape index (κ3) is 4.51. The number of ether oxygens (including phenoxy) is 2. The van der Waals surface area contributed by atoms with E-state index in [4.69, 9.17) is 9.47 Å². The van der Waals surface area contributed by atoms with Gasteiger partial charge in [0.05, 0.1) is 36.8 Å². The Labute approximate surface area is 164 Å². The van der Waals surface area contributed by atoms with E-state index < -0.39 is 0 Å². The summed E-state index contributed by atoms with van der Waals surface area (Å²) in [5.74, 6) is 6.83. The van der Waals surface area contributed by atoms with Crippen LogP contribution in [0.4, 0.5) is 0 Å². The topological polar surface area (TPSA) is 65.4 Å². The van der Waals surface area contributed by atoms with Gasteiger partial charge in [0.2, 0.25) is 0 Å². The average molecular weight is 375 g/mol. The molecule has 0 unspecified atom stereocenters. The number of amides is 1. The van der Waals surface area contributed by atoms with Gasteiger partial charge in [-0.05, 0) is 31.2 Å².